The van der Waals surface area contributed by atoms with Gasteiger partial charge in [0.15, 0.2) is 11.0 Å². The van der Waals surface area contributed by atoms with Crippen molar-refractivity contribution in [3.63, 3.8) is 0 Å². The van der Waals surface area contributed by atoms with Crippen LogP contribution in [0, 0.1) is 6.92 Å². The molecule has 1 aliphatic heterocycles. The smallest absolute Gasteiger partial charge is 0.307 e. The van der Waals surface area contributed by atoms with E-state index in [0.29, 0.717) is 13.0 Å². The zero-order valence-electron chi connectivity index (χ0n) is 13.0. The standard InChI is InChI=1S/C17H15N3O3S/c1-11-14(7-8-22-11)16-18-19-17(24-13-9-15(21)23-10-13)20(16)12-5-3-2-4-6-12/h2-8,13H,9-10H2,1H3/t13-/m0/s1. The lowest BCUT2D eigenvalue weighted by atomic mass is 10.2. The van der Waals surface area contributed by atoms with E-state index in [0.717, 1.165) is 28.0 Å². The van der Waals surface area contributed by atoms with Crippen LogP contribution in [0.15, 0.2) is 52.2 Å². The number of carbonyl (C=O) groups excluding carboxylic acids is 1. The fourth-order valence-corrected chi connectivity index (χ4v) is 3.70. The second kappa shape index (κ2) is 6.16. The number of hydrogen-bond acceptors (Lipinski definition) is 6. The van der Waals surface area contributed by atoms with Crippen molar-refractivity contribution in [3.05, 3.63) is 48.4 Å². The highest BCUT2D eigenvalue weighted by atomic mass is 32.2. The van der Waals surface area contributed by atoms with Crippen LogP contribution in [0.4, 0.5) is 0 Å². The van der Waals surface area contributed by atoms with Gasteiger partial charge < -0.3 is 9.15 Å². The molecule has 6 nitrogen and oxygen atoms in total. The molecule has 0 bridgehead atoms. The van der Waals surface area contributed by atoms with Gasteiger partial charge in [0.25, 0.3) is 0 Å². The van der Waals surface area contributed by atoms with Crippen LogP contribution in [0.5, 0.6) is 0 Å². The summed E-state index contributed by atoms with van der Waals surface area (Å²) in [6.07, 6.45) is 2.04. The third-order valence-electron chi connectivity index (χ3n) is 3.84. The van der Waals surface area contributed by atoms with Gasteiger partial charge in [-0.3, -0.25) is 9.36 Å². The first kappa shape index (κ1) is 15.0. The Morgan fingerprint density at radius 3 is 2.71 bits per heavy atom. The van der Waals surface area contributed by atoms with Gasteiger partial charge in [-0.25, -0.2) is 0 Å². The Morgan fingerprint density at radius 1 is 1.21 bits per heavy atom. The Bertz CT molecular complexity index is 872. The van der Waals surface area contributed by atoms with Gasteiger partial charge in [-0.15, -0.1) is 10.2 Å². The third kappa shape index (κ3) is 2.71. The van der Waals surface area contributed by atoms with Gasteiger partial charge in [0.05, 0.1) is 23.5 Å². The van der Waals surface area contributed by atoms with Gasteiger partial charge in [-0.2, -0.15) is 0 Å². The van der Waals surface area contributed by atoms with Crippen LogP contribution >= 0.6 is 11.8 Å². The van der Waals surface area contributed by atoms with Gasteiger partial charge in [0.1, 0.15) is 12.4 Å². The first-order valence-corrected chi connectivity index (χ1v) is 8.48. The summed E-state index contributed by atoms with van der Waals surface area (Å²) >= 11 is 1.51. The summed E-state index contributed by atoms with van der Waals surface area (Å²) in [5, 5.41) is 9.50. The zero-order chi connectivity index (χ0) is 16.5. The number of aromatic nitrogens is 3. The van der Waals surface area contributed by atoms with Gasteiger partial charge in [0.2, 0.25) is 0 Å². The number of esters is 1. The first-order valence-electron chi connectivity index (χ1n) is 7.60. The number of furan rings is 1. The summed E-state index contributed by atoms with van der Waals surface area (Å²) in [5.74, 6) is 1.35. The number of rotatable bonds is 4. The van der Waals surface area contributed by atoms with Crippen molar-refractivity contribution in [1.29, 1.82) is 0 Å². The summed E-state index contributed by atoms with van der Waals surface area (Å²) in [6.45, 7) is 2.31. The molecule has 1 saturated heterocycles. The first-order chi connectivity index (χ1) is 11.7. The minimum absolute atomic E-state index is 0.0578. The van der Waals surface area contributed by atoms with Crippen LogP contribution in [-0.2, 0) is 9.53 Å². The van der Waals surface area contributed by atoms with Crippen molar-refractivity contribution in [2.45, 2.75) is 23.8 Å². The summed E-state index contributed by atoms with van der Waals surface area (Å²) in [4.78, 5) is 11.3. The number of ether oxygens (including phenoxy) is 1. The SMILES string of the molecule is Cc1occc1-c1nnc(S[C@@H]2COC(=O)C2)n1-c1ccccc1. The topological polar surface area (TPSA) is 70.2 Å². The lowest BCUT2D eigenvalue weighted by Crippen LogP contribution is -2.05. The summed E-state index contributed by atoms with van der Waals surface area (Å²) in [6, 6.07) is 11.8. The number of thioether (sulfide) groups is 1. The van der Waals surface area contributed by atoms with Crippen molar-refractivity contribution in [2.24, 2.45) is 0 Å². The van der Waals surface area contributed by atoms with Crippen molar-refractivity contribution in [3.8, 4) is 17.1 Å². The van der Waals surface area contributed by atoms with Crippen molar-refractivity contribution < 1.29 is 13.9 Å². The van der Waals surface area contributed by atoms with Crippen LogP contribution in [0.1, 0.15) is 12.2 Å². The molecule has 0 spiro atoms. The molecule has 0 unspecified atom stereocenters. The number of hydrogen-bond donors (Lipinski definition) is 0. The Balaban J connectivity index is 1.78. The highest BCUT2D eigenvalue weighted by Gasteiger charge is 2.28. The maximum absolute atomic E-state index is 11.3. The van der Waals surface area contributed by atoms with Gasteiger partial charge >= 0.3 is 5.97 Å². The molecular formula is C17H15N3O3S. The van der Waals surface area contributed by atoms with E-state index in [1.54, 1.807) is 6.26 Å². The van der Waals surface area contributed by atoms with Crippen molar-refractivity contribution in [2.75, 3.05) is 6.61 Å². The molecule has 122 valence electrons. The molecule has 2 aromatic heterocycles. The van der Waals surface area contributed by atoms with E-state index in [1.807, 2.05) is 47.9 Å². The second-order valence-corrected chi connectivity index (χ2v) is 6.76. The molecule has 0 radical (unpaired) electrons. The van der Waals surface area contributed by atoms with E-state index in [4.69, 9.17) is 9.15 Å². The Hall–Kier alpha value is -2.54. The molecule has 0 amide bonds. The Labute approximate surface area is 142 Å². The molecular weight excluding hydrogens is 326 g/mol. The number of benzene rings is 1. The zero-order valence-corrected chi connectivity index (χ0v) is 13.8. The van der Waals surface area contributed by atoms with E-state index >= 15 is 0 Å². The van der Waals surface area contributed by atoms with Gasteiger partial charge in [-0.1, -0.05) is 30.0 Å². The predicted molar refractivity (Wildman–Crippen MR) is 89.0 cm³/mol. The highest BCUT2D eigenvalue weighted by Crippen LogP contribution is 2.34. The second-order valence-electron chi connectivity index (χ2n) is 5.49. The Morgan fingerprint density at radius 2 is 2.04 bits per heavy atom. The summed E-state index contributed by atoms with van der Waals surface area (Å²) < 4.78 is 12.5. The lowest BCUT2D eigenvalue weighted by Gasteiger charge is -2.11. The number of para-hydroxylation sites is 1. The fraction of sp³-hybridized carbons (Fsp3) is 0.235. The van der Waals surface area contributed by atoms with Crippen LogP contribution < -0.4 is 0 Å². The molecule has 0 aliphatic carbocycles. The maximum atomic E-state index is 11.3. The molecule has 7 heteroatoms. The molecule has 1 atom stereocenters. The minimum atomic E-state index is -0.163. The van der Waals surface area contributed by atoms with Crippen LogP contribution in [0.3, 0.4) is 0 Å². The third-order valence-corrected chi connectivity index (χ3v) is 4.96. The Kier molecular flexibility index (Phi) is 3.86. The maximum Gasteiger partial charge on any atom is 0.307 e. The molecule has 4 rings (SSSR count). The molecule has 0 N–H and O–H groups in total. The minimum Gasteiger partial charge on any atom is -0.469 e. The molecule has 0 saturated carbocycles. The quantitative estimate of drug-likeness (QED) is 0.679. The van der Waals surface area contributed by atoms with E-state index in [1.165, 1.54) is 11.8 Å². The van der Waals surface area contributed by atoms with E-state index in [9.17, 15) is 4.79 Å². The van der Waals surface area contributed by atoms with Crippen molar-refractivity contribution in [1.82, 2.24) is 14.8 Å². The monoisotopic (exact) mass is 341 g/mol. The molecule has 24 heavy (non-hydrogen) atoms. The average molecular weight is 341 g/mol. The predicted octanol–water partition coefficient (Wildman–Crippen LogP) is 3.24. The number of aryl methyl sites for hydroxylation is 1. The van der Waals surface area contributed by atoms with Crippen LogP contribution in [0.2, 0.25) is 0 Å². The lowest BCUT2D eigenvalue weighted by molar-refractivity contribution is -0.137. The van der Waals surface area contributed by atoms with Crippen molar-refractivity contribution >= 4 is 17.7 Å². The highest BCUT2D eigenvalue weighted by molar-refractivity contribution is 7.99. The molecule has 1 aromatic carbocycles. The number of cyclic esters (lactones) is 1. The number of carbonyl (C=O) groups is 1. The van der Waals surface area contributed by atoms with Crippen LogP contribution in [0.25, 0.3) is 17.1 Å². The molecule has 1 fully saturated rings. The largest absolute Gasteiger partial charge is 0.469 e. The van der Waals surface area contributed by atoms with E-state index in [2.05, 4.69) is 10.2 Å². The fourth-order valence-electron chi connectivity index (χ4n) is 2.66. The normalized spacial score (nSPS) is 17.2. The van der Waals surface area contributed by atoms with Gasteiger partial charge in [0, 0.05) is 5.69 Å². The van der Waals surface area contributed by atoms with E-state index < -0.39 is 0 Å². The molecule has 1 aliphatic rings. The molecule has 3 heterocycles. The number of nitrogens with zero attached hydrogens (tertiary/aromatic N) is 3. The van der Waals surface area contributed by atoms with E-state index in [-0.39, 0.29) is 11.2 Å². The van der Waals surface area contributed by atoms with Crippen LogP contribution in [-0.4, -0.2) is 32.6 Å². The molecule has 3 aromatic rings. The summed E-state index contributed by atoms with van der Waals surface area (Å²) in [5.41, 5.74) is 1.86. The average Bonchev–Trinajstić information content (AvgIpc) is 3.29. The van der Waals surface area contributed by atoms with Gasteiger partial charge in [-0.05, 0) is 25.1 Å². The summed E-state index contributed by atoms with van der Waals surface area (Å²) in [7, 11) is 0.